The Morgan fingerprint density at radius 2 is 2.23 bits per heavy atom. The Labute approximate surface area is 128 Å². The number of fused-ring (bicyclic) bond motifs is 1. The van der Waals surface area contributed by atoms with Gasteiger partial charge in [-0.2, -0.15) is 0 Å². The quantitative estimate of drug-likeness (QED) is 0.681. The predicted octanol–water partition coefficient (Wildman–Crippen LogP) is 2.90. The number of hydrogen-bond acceptors (Lipinski definition) is 3. The zero-order chi connectivity index (χ0) is 15.9. The molecule has 0 saturated heterocycles. The molecule has 1 heterocycles. The van der Waals surface area contributed by atoms with E-state index in [0.717, 1.165) is 17.4 Å². The fourth-order valence-corrected chi connectivity index (χ4v) is 2.76. The average molecular weight is 301 g/mol. The van der Waals surface area contributed by atoms with Crippen molar-refractivity contribution in [1.82, 2.24) is 4.57 Å². The van der Waals surface area contributed by atoms with Gasteiger partial charge in [0.1, 0.15) is 5.92 Å². The molecule has 1 aromatic carbocycles. The Balaban J connectivity index is 1.73. The molecule has 1 aliphatic carbocycles. The number of aromatic nitrogens is 1. The number of benzene rings is 1. The molecule has 0 bridgehead atoms. The molecule has 0 unspecified atom stereocenters. The SMILES string of the molecule is CC(C)Cn1ccc2cc(NC(=O)[C@H]3C[C@H]3[N+](=O)[O-])ccc21. The molecule has 22 heavy (non-hydrogen) atoms. The average Bonchev–Trinajstić information content (AvgIpc) is 3.17. The van der Waals surface area contributed by atoms with E-state index in [4.69, 9.17) is 0 Å². The van der Waals surface area contributed by atoms with Gasteiger partial charge in [-0.15, -0.1) is 0 Å². The summed E-state index contributed by atoms with van der Waals surface area (Å²) in [6, 6.07) is 7.04. The first-order valence-corrected chi connectivity index (χ1v) is 7.49. The van der Waals surface area contributed by atoms with Gasteiger partial charge in [0.25, 0.3) is 0 Å². The molecule has 1 saturated carbocycles. The Morgan fingerprint density at radius 3 is 2.86 bits per heavy atom. The number of amides is 1. The maximum absolute atomic E-state index is 12.0. The molecule has 6 heteroatoms. The minimum atomic E-state index is -0.712. The van der Waals surface area contributed by atoms with Crippen molar-refractivity contribution in [1.29, 1.82) is 0 Å². The van der Waals surface area contributed by atoms with Crippen LogP contribution in [-0.2, 0) is 11.3 Å². The number of carbonyl (C=O) groups excluding carboxylic acids is 1. The molecule has 1 fully saturated rings. The number of carbonyl (C=O) groups is 1. The molecule has 1 amide bonds. The highest BCUT2D eigenvalue weighted by Gasteiger charge is 2.53. The van der Waals surface area contributed by atoms with Crippen LogP contribution < -0.4 is 5.32 Å². The zero-order valence-electron chi connectivity index (χ0n) is 12.7. The Kier molecular flexibility index (Phi) is 3.60. The summed E-state index contributed by atoms with van der Waals surface area (Å²) in [5.41, 5.74) is 1.81. The largest absolute Gasteiger partial charge is 0.347 e. The number of anilines is 1. The monoisotopic (exact) mass is 301 g/mol. The number of rotatable bonds is 5. The molecular formula is C16H19N3O3. The van der Waals surface area contributed by atoms with Gasteiger partial charge in [0.15, 0.2) is 0 Å². The third-order valence-corrected chi connectivity index (χ3v) is 3.96. The van der Waals surface area contributed by atoms with E-state index < -0.39 is 12.0 Å². The lowest BCUT2D eigenvalue weighted by Crippen LogP contribution is -2.18. The van der Waals surface area contributed by atoms with Gasteiger partial charge < -0.3 is 9.88 Å². The first-order valence-electron chi connectivity index (χ1n) is 7.49. The fraction of sp³-hybridized carbons (Fsp3) is 0.438. The van der Waals surface area contributed by atoms with Gasteiger partial charge in [-0.25, -0.2) is 0 Å². The number of hydrogen-bond donors (Lipinski definition) is 1. The van der Waals surface area contributed by atoms with Crippen LogP contribution in [0.5, 0.6) is 0 Å². The Bertz CT molecular complexity index is 735. The van der Waals surface area contributed by atoms with Crippen LogP contribution in [-0.4, -0.2) is 21.4 Å². The molecule has 1 aliphatic rings. The molecule has 0 radical (unpaired) electrons. The fourth-order valence-electron chi connectivity index (χ4n) is 2.76. The van der Waals surface area contributed by atoms with Crippen molar-refractivity contribution in [2.45, 2.75) is 32.9 Å². The number of nitrogens with zero attached hydrogens (tertiary/aromatic N) is 2. The van der Waals surface area contributed by atoms with Crippen LogP contribution in [0.25, 0.3) is 10.9 Å². The van der Waals surface area contributed by atoms with Crippen LogP contribution >= 0.6 is 0 Å². The Morgan fingerprint density at radius 1 is 1.45 bits per heavy atom. The molecular weight excluding hydrogens is 282 g/mol. The van der Waals surface area contributed by atoms with Crippen molar-refractivity contribution in [3.05, 3.63) is 40.6 Å². The van der Waals surface area contributed by atoms with Crippen molar-refractivity contribution in [2.75, 3.05) is 5.32 Å². The molecule has 3 rings (SSSR count). The second-order valence-corrected chi connectivity index (χ2v) is 6.32. The van der Waals surface area contributed by atoms with Crippen molar-refractivity contribution in [3.63, 3.8) is 0 Å². The van der Waals surface area contributed by atoms with Gasteiger partial charge in [-0.05, 0) is 30.2 Å². The van der Waals surface area contributed by atoms with Crippen molar-refractivity contribution in [2.24, 2.45) is 11.8 Å². The number of nitro groups is 1. The van der Waals surface area contributed by atoms with Crippen LogP contribution in [0.2, 0.25) is 0 Å². The van der Waals surface area contributed by atoms with E-state index in [9.17, 15) is 14.9 Å². The topological polar surface area (TPSA) is 77.2 Å². The zero-order valence-corrected chi connectivity index (χ0v) is 12.7. The normalized spacial score (nSPS) is 20.3. The summed E-state index contributed by atoms with van der Waals surface area (Å²) < 4.78 is 2.19. The van der Waals surface area contributed by atoms with Gasteiger partial charge >= 0.3 is 0 Å². The highest BCUT2D eigenvalue weighted by molar-refractivity contribution is 5.96. The van der Waals surface area contributed by atoms with Crippen LogP contribution in [0.3, 0.4) is 0 Å². The highest BCUT2D eigenvalue weighted by atomic mass is 16.6. The maximum Gasteiger partial charge on any atom is 0.234 e. The first-order chi connectivity index (χ1) is 10.5. The molecule has 0 spiro atoms. The maximum atomic E-state index is 12.0. The third kappa shape index (κ3) is 2.81. The van der Waals surface area contributed by atoms with Gasteiger partial charge in [-0.3, -0.25) is 14.9 Å². The van der Waals surface area contributed by atoms with Gasteiger partial charge in [0.2, 0.25) is 11.9 Å². The van der Waals surface area contributed by atoms with Crippen molar-refractivity contribution in [3.8, 4) is 0 Å². The summed E-state index contributed by atoms with van der Waals surface area (Å²) in [5, 5.41) is 14.5. The lowest BCUT2D eigenvalue weighted by Gasteiger charge is -2.09. The molecule has 1 aromatic heterocycles. The Hall–Kier alpha value is -2.37. The first kappa shape index (κ1) is 14.6. The summed E-state index contributed by atoms with van der Waals surface area (Å²) in [6.45, 7) is 5.28. The summed E-state index contributed by atoms with van der Waals surface area (Å²) in [7, 11) is 0. The third-order valence-electron chi connectivity index (χ3n) is 3.96. The van der Waals surface area contributed by atoms with E-state index in [-0.39, 0.29) is 10.8 Å². The molecule has 2 atom stereocenters. The highest BCUT2D eigenvalue weighted by Crippen LogP contribution is 2.34. The van der Waals surface area contributed by atoms with Crippen LogP contribution in [0.4, 0.5) is 5.69 Å². The summed E-state index contributed by atoms with van der Waals surface area (Å²) in [5.74, 6) is -0.192. The van der Waals surface area contributed by atoms with E-state index in [0.29, 0.717) is 18.0 Å². The second kappa shape index (κ2) is 5.44. The van der Waals surface area contributed by atoms with Gasteiger partial charge in [0, 0.05) is 40.7 Å². The minimum Gasteiger partial charge on any atom is -0.347 e. The molecule has 116 valence electrons. The van der Waals surface area contributed by atoms with Gasteiger partial charge in [-0.1, -0.05) is 13.8 Å². The molecule has 2 aromatic rings. The predicted molar refractivity (Wildman–Crippen MR) is 84.3 cm³/mol. The second-order valence-electron chi connectivity index (χ2n) is 6.32. The minimum absolute atomic E-state index is 0.261. The van der Waals surface area contributed by atoms with E-state index in [1.54, 1.807) is 0 Å². The lowest BCUT2D eigenvalue weighted by molar-refractivity contribution is -0.497. The van der Waals surface area contributed by atoms with Gasteiger partial charge in [0.05, 0.1) is 0 Å². The van der Waals surface area contributed by atoms with Crippen molar-refractivity contribution < 1.29 is 9.72 Å². The number of nitrogens with one attached hydrogen (secondary N) is 1. The van der Waals surface area contributed by atoms with Crippen LogP contribution in [0, 0.1) is 22.0 Å². The van der Waals surface area contributed by atoms with Crippen LogP contribution in [0.1, 0.15) is 20.3 Å². The van der Waals surface area contributed by atoms with E-state index in [1.165, 1.54) is 0 Å². The smallest absolute Gasteiger partial charge is 0.234 e. The summed E-state index contributed by atoms with van der Waals surface area (Å²) in [4.78, 5) is 22.2. The summed E-state index contributed by atoms with van der Waals surface area (Å²) >= 11 is 0. The molecule has 1 N–H and O–H groups in total. The van der Waals surface area contributed by atoms with Crippen molar-refractivity contribution >= 4 is 22.5 Å². The van der Waals surface area contributed by atoms with E-state index in [1.807, 2.05) is 30.5 Å². The summed E-state index contributed by atoms with van der Waals surface area (Å²) in [6.07, 6.45) is 2.38. The standard InChI is InChI=1S/C16H19N3O3/c1-10(2)9-18-6-5-11-7-12(3-4-14(11)18)17-16(20)13-8-15(13)19(21)22/h3-7,10,13,15H,8-9H2,1-2H3,(H,17,20)/t13-,15+/m0/s1. The lowest BCUT2D eigenvalue weighted by atomic mass is 10.2. The molecule has 0 aliphatic heterocycles. The van der Waals surface area contributed by atoms with E-state index >= 15 is 0 Å². The van der Waals surface area contributed by atoms with E-state index in [2.05, 4.69) is 23.7 Å². The molecule has 6 nitrogen and oxygen atoms in total. The van der Waals surface area contributed by atoms with Crippen LogP contribution in [0.15, 0.2) is 30.5 Å².